The molecule has 0 saturated heterocycles. The smallest absolute Gasteiger partial charge is 0.162 e. The highest BCUT2D eigenvalue weighted by atomic mass is 19.1. The molecule has 0 atom stereocenters. The first-order valence-corrected chi connectivity index (χ1v) is 6.01. The Kier molecular flexibility index (Phi) is 3.56. The highest BCUT2D eigenvalue weighted by Crippen LogP contribution is 2.23. The van der Waals surface area contributed by atoms with Crippen molar-refractivity contribution in [2.45, 2.75) is 20.3 Å². The fourth-order valence-electron chi connectivity index (χ4n) is 1.85. The number of rotatable bonds is 3. The minimum Gasteiger partial charge on any atom is -0.294 e. The summed E-state index contributed by atoms with van der Waals surface area (Å²) in [5, 5.41) is 0. The van der Waals surface area contributed by atoms with Crippen LogP contribution in [0.4, 0.5) is 4.39 Å². The fraction of sp³-hybridized carbons (Fsp3) is 0.188. The summed E-state index contributed by atoms with van der Waals surface area (Å²) in [5.41, 5.74) is 2.97. The van der Waals surface area contributed by atoms with Gasteiger partial charge >= 0.3 is 0 Å². The summed E-state index contributed by atoms with van der Waals surface area (Å²) in [7, 11) is 0. The van der Waals surface area contributed by atoms with Crippen LogP contribution in [0.25, 0.3) is 11.1 Å². The average Bonchev–Trinajstić information content (AvgIpc) is 2.41. The van der Waals surface area contributed by atoms with Gasteiger partial charge in [0.1, 0.15) is 5.82 Å². The predicted molar refractivity (Wildman–Crippen MR) is 71.2 cm³/mol. The van der Waals surface area contributed by atoms with Crippen LogP contribution < -0.4 is 0 Å². The standard InChI is InChI=1S/C16H15FO/c1-3-16(18)14-6-4-5-12(9-14)13-8-7-11(2)15(17)10-13/h4-10H,3H2,1-2H3. The first-order chi connectivity index (χ1) is 8.61. The molecule has 0 aliphatic heterocycles. The van der Waals surface area contributed by atoms with Gasteiger partial charge in [0, 0.05) is 12.0 Å². The van der Waals surface area contributed by atoms with E-state index in [-0.39, 0.29) is 11.6 Å². The number of halogens is 1. The molecule has 0 radical (unpaired) electrons. The van der Waals surface area contributed by atoms with E-state index in [2.05, 4.69) is 0 Å². The molecular formula is C16H15FO. The lowest BCUT2D eigenvalue weighted by molar-refractivity contribution is 0.0988. The molecular weight excluding hydrogens is 227 g/mol. The molecule has 0 spiro atoms. The van der Waals surface area contributed by atoms with Crippen LogP contribution in [0, 0.1) is 12.7 Å². The second-order valence-electron chi connectivity index (χ2n) is 4.32. The predicted octanol–water partition coefficient (Wildman–Crippen LogP) is 4.39. The minimum absolute atomic E-state index is 0.101. The number of benzene rings is 2. The van der Waals surface area contributed by atoms with E-state index >= 15 is 0 Å². The molecule has 2 aromatic rings. The van der Waals surface area contributed by atoms with E-state index in [4.69, 9.17) is 0 Å². The molecule has 2 rings (SSSR count). The van der Waals surface area contributed by atoms with Gasteiger partial charge in [0.05, 0.1) is 0 Å². The zero-order valence-electron chi connectivity index (χ0n) is 10.5. The highest BCUT2D eigenvalue weighted by Gasteiger charge is 2.06. The van der Waals surface area contributed by atoms with E-state index in [9.17, 15) is 9.18 Å². The SMILES string of the molecule is CCC(=O)c1cccc(-c2ccc(C)c(F)c2)c1. The van der Waals surface area contributed by atoms with Crippen molar-refractivity contribution >= 4 is 5.78 Å². The van der Waals surface area contributed by atoms with Gasteiger partial charge in [0.2, 0.25) is 0 Å². The van der Waals surface area contributed by atoms with Crippen molar-refractivity contribution in [3.63, 3.8) is 0 Å². The summed E-state index contributed by atoms with van der Waals surface area (Å²) in [6.45, 7) is 3.57. The molecule has 0 aliphatic carbocycles. The van der Waals surface area contributed by atoms with Gasteiger partial charge in [-0.1, -0.05) is 37.3 Å². The molecule has 0 aliphatic rings. The van der Waals surface area contributed by atoms with Gasteiger partial charge in [-0.15, -0.1) is 0 Å². The number of ketones is 1. The van der Waals surface area contributed by atoms with Crippen LogP contribution in [-0.4, -0.2) is 5.78 Å². The second-order valence-corrected chi connectivity index (χ2v) is 4.32. The summed E-state index contributed by atoms with van der Waals surface area (Å²) >= 11 is 0. The largest absolute Gasteiger partial charge is 0.294 e. The van der Waals surface area contributed by atoms with Gasteiger partial charge < -0.3 is 0 Å². The van der Waals surface area contributed by atoms with Crippen molar-refractivity contribution in [2.24, 2.45) is 0 Å². The maximum Gasteiger partial charge on any atom is 0.162 e. The van der Waals surface area contributed by atoms with Crippen molar-refractivity contribution in [3.8, 4) is 11.1 Å². The quantitative estimate of drug-likeness (QED) is 0.729. The maximum atomic E-state index is 13.5. The number of carbonyl (C=O) groups is 1. The van der Waals surface area contributed by atoms with Gasteiger partial charge in [0.25, 0.3) is 0 Å². The molecule has 0 N–H and O–H groups in total. The van der Waals surface area contributed by atoms with Crippen LogP contribution >= 0.6 is 0 Å². The van der Waals surface area contributed by atoms with Gasteiger partial charge in [-0.2, -0.15) is 0 Å². The second kappa shape index (κ2) is 5.13. The van der Waals surface area contributed by atoms with E-state index in [1.807, 2.05) is 31.2 Å². The zero-order chi connectivity index (χ0) is 13.1. The zero-order valence-corrected chi connectivity index (χ0v) is 10.5. The van der Waals surface area contributed by atoms with Crippen LogP contribution in [0.2, 0.25) is 0 Å². The first kappa shape index (κ1) is 12.5. The first-order valence-electron chi connectivity index (χ1n) is 6.01. The summed E-state index contributed by atoms with van der Waals surface area (Å²) in [6, 6.07) is 12.4. The van der Waals surface area contributed by atoms with Gasteiger partial charge in [0.15, 0.2) is 5.78 Å². The molecule has 0 amide bonds. The van der Waals surface area contributed by atoms with Gasteiger partial charge in [-0.3, -0.25) is 4.79 Å². The Morgan fingerprint density at radius 1 is 1.11 bits per heavy atom. The molecule has 0 aromatic heterocycles. The molecule has 0 bridgehead atoms. The molecule has 0 heterocycles. The van der Waals surface area contributed by atoms with Crippen molar-refractivity contribution in [1.82, 2.24) is 0 Å². The Morgan fingerprint density at radius 2 is 1.83 bits per heavy atom. The minimum atomic E-state index is -0.222. The Balaban J connectivity index is 2.44. The van der Waals surface area contributed by atoms with Crippen LogP contribution in [0.3, 0.4) is 0 Å². The van der Waals surface area contributed by atoms with Crippen LogP contribution in [-0.2, 0) is 0 Å². The summed E-state index contributed by atoms with van der Waals surface area (Å²) in [4.78, 5) is 11.6. The Bertz CT molecular complexity index is 587. The topological polar surface area (TPSA) is 17.1 Å². The Hall–Kier alpha value is -1.96. The highest BCUT2D eigenvalue weighted by molar-refractivity contribution is 5.96. The summed E-state index contributed by atoms with van der Waals surface area (Å²) in [5.74, 6) is -0.121. The molecule has 2 aromatic carbocycles. The Morgan fingerprint density at radius 3 is 2.50 bits per heavy atom. The van der Waals surface area contributed by atoms with Crippen LogP contribution in [0.5, 0.6) is 0 Å². The molecule has 1 nitrogen and oxygen atoms in total. The van der Waals surface area contributed by atoms with Gasteiger partial charge in [-0.05, 0) is 35.7 Å². The normalized spacial score (nSPS) is 10.4. The molecule has 92 valence electrons. The molecule has 0 unspecified atom stereocenters. The fourth-order valence-corrected chi connectivity index (χ4v) is 1.85. The lowest BCUT2D eigenvalue weighted by Crippen LogP contribution is -1.96. The van der Waals surface area contributed by atoms with E-state index < -0.39 is 0 Å². The van der Waals surface area contributed by atoms with E-state index in [1.165, 1.54) is 6.07 Å². The number of Topliss-reactive ketones (excluding diaryl/α,β-unsaturated/α-hetero) is 1. The third-order valence-corrected chi connectivity index (χ3v) is 3.01. The molecule has 0 saturated carbocycles. The average molecular weight is 242 g/mol. The maximum absolute atomic E-state index is 13.5. The third-order valence-electron chi connectivity index (χ3n) is 3.01. The lowest BCUT2D eigenvalue weighted by atomic mass is 9.99. The van der Waals surface area contributed by atoms with Crippen molar-refractivity contribution < 1.29 is 9.18 Å². The third kappa shape index (κ3) is 2.48. The Labute approximate surface area is 106 Å². The van der Waals surface area contributed by atoms with E-state index in [0.717, 1.165) is 11.1 Å². The molecule has 18 heavy (non-hydrogen) atoms. The van der Waals surface area contributed by atoms with Crippen molar-refractivity contribution in [3.05, 3.63) is 59.4 Å². The van der Waals surface area contributed by atoms with Crippen molar-refractivity contribution in [2.75, 3.05) is 0 Å². The van der Waals surface area contributed by atoms with Gasteiger partial charge in [-0.25, -0.2) is 4.39 Å². The molecule has 0 fully saturated rings. The van der Waals surface area contributed by atoms with Crippen LogP contribution in [0.1, 0.15) is 29.3 Å². The number of aryl methyl sites for hydroxylation is 1. The lowest BCUT2D eigenvalue weighted by Gasteiger charge is -2.05. The summed E-state index contributed by atoms with van der Waals surface area (Å²) < 4.78 is 13.5. The molecule has 2 heteroatoms. The number of carbonyl (C=O) groups excluding carboxylic acids is 1. The number of hydrogen-bond acceptors (Lipinski definition) is 1. The monoisotopic (exact) mass is 242 g/mol. The van der Waals surface area contributed by atoms with Crippen LogP contribution in [0.15, 0.2) is 42.5 Å². The summed E-state index contributed by atoms with van der Waals surface area (Å²) in [6.07, 6.45) is 0.478. The van der Waals surface area contributed by atoms with Crippen molar-refractivity contribution in [1.29, 1.82) is 0 Å². The van der Waals surface area contributed by atoms with E-state index in [0.29, 0.717) is 17.5 Å². The number of hydrogen-bond donors (Lipinski definition) is 0. The van der Waals surface area contributed by atoms with E-state index in [1.54, 1.807) is 19.1 Å².